The molecule has 0 amide bonds. The Labute approximate surface area is 165 Å². The first kappa shape index (κ1) is 19.2. The Morgan fingerprint density at radius 3 is 2.36 bits per heavy atom. The average molecular weight is 374 g/mol. The van der Waals surface area contributed by atoms with Gasteiger partial charge in [0.1, 0.15) is 23.9 Å². The van der Waals surface area contributed by atoms with E-state index in [0.29, 0.717) is 13.2 Å². The SMILES string of the molecule is CCOC(=O)C=Cc1ccc(Oc2cccc(COc3ccccc3)c2)cc1. The third kappa shape index (κ3) is 6.02. The molecule has 0 aromatic heterocycles. The summed E-state index contributed by atoms with van der Waals surface area (Å²) in [5, 5.41) is 0. The van der Waals surface area contributed by atoms with Crippen LogP contribution in [0.4, 0.5) is 0 Å². The Morgan fingerprint density at radius 2 is 1.61 bits per heavy atom. The molecule has 3 aromatic carbocycles. The zero-order valence-electron chi connectivity index (χ0n) is 15.7. The summed E-state index contributed by atoms with van der Waals surface area (Å²) in [7, 11) is 0. The van der Waals surface area contributed by atoms with Crippen LogP contribution in [0.3, 0.4) is 0 Å². The molecule has 0 radical (unpaired) electrons. The van der Waals surface area contributed by atoms with Crippen molar-refractivity contribution in [2.75, 3.05) is 6.61 Å². The van der Waals surface area contributed by atoms with E-state index < -0.39 is 0 Å². The summed E-state index contributed by atoms with van der Waals surface area (Å²) < 4.78 is 16.6. The second-order valence-corrected chi connectivity index (χ2v) is 6.01. The van der Waals surface area contributed by atoms with Crippen LogP contribution in [0.5, 0.6) is 17.2 Å². The lowest BCUT2D eigenvalue weighted by Gasteiger charge is -2.09. The Hall–Kier alpha value is -3.53. The van der Waals surface area contributed by atoms with Crippen LogP contribution in [-0.4, -0.2) is 12.6 Å². The molecule has 0 saturated carbocycles. The van der Waals surface area contributed by atoms with Gasteiger partial charge in [-0.15, -0.1) is 0 Å². The van der Waals surface area contributed by atoms with Gasteiger partial charge in [0, 0.05) is 6.08 Å². The van der Waals surface area contributed by atoms with Crippen LogP contribution in [0, 0.1) is 0 Å². The second-order valence-electron chi connectivity index (χ2n) is 6.01. The van der Waals surface area contributed by atoms with Crippen LogP contribution < -0.4 is 9.47 Å². The molecule has 0 aliphatic carbocycles. The lowest BCUT2D eigenvalue weighted by molar-refractivity contribution is -0.137. The van der Waals surface area contributed by atoms with Crippen molar-refractivity contribution in [2.24, 2.45) is 0 Å². The highest BCUT2D eigenvalue weighted by atomic mass is 16.5. The smallest absolute Gasteiger partial charge is 0.330 e. The molecular weight excluding hydrogens is 352 g/mol. The Balaban J connectivity index is 1.58. The van der Waals surface area contributed by atoms with Gasteiger partial charge in [-0.3, -0.25) is 0 Å². The fourth-order valence-electron chi connectivity index (χ4n) is 2.52. The molecule has 3 rings (SSSR count). The van der Waals surface area contributed by atoms with E-state index >= 15 is 0 Å². The molecule has 4 heteroatoms. The quantitative estimate of drug-likeness (QED) is 0.378. The fourth-order valence-corrected chi connectivity index (χ4v) is 2.52. The Bertz CT molecular complexity index is 915. The predicted octanol–water partition coefficient (Wildman–Crippen LogP) is 5.63. The van der Waals surface area contributed by atoms with E-state index in [-0.39, 0.29) is 5.97 Å². The molecule has 0 saturated heterocycles. The zero-order valence-corrected chi connectivity index (χ0v) is 15.7. The highest BCUT2D eigenvalue weighted by molar-refractivity contribution is 5.87. The summed E-state index contributed by atoms with van der Waals surface area (Å²) in [6.07, 6.45) is 3.12. The predicted molar refractivity (Wildman–Crippen MR) is 109 cm³/mol. The van der Waals surface area contributed by atoms with Gasteiger partial charge in [0.15, 0.2) is 0 Å². The molecule has 0 N–H and O–H groups in total. The van der Waals surface area contributed by atoms with Crippen molar-refractivity contribution in [3.8, 4) is 17.2 Å². The first-order valence-corrected chi connectivity index (χ1v) is 9.12. The van der Waals surface area contributed by atoms with Crippen LogP contribution >= 0.6 is 0 Å². The molecule has 0 aliphatic heterocycles. The van der Waals surface area contributed by atoms with Gasteiger partial charge in [0.25, 0.3) is 0 Å². The summed E-state index contributed by atoms with van der Waals surface area (Å²) in [5.74, 6) is 1.94. The summed E-state index contributed by atoms with van der Waals surface area (Å²) in [6.45, 7) is 2.62. The van der Waals surface area contributed by atoms with Gasteiger partial charge in [-0.25, -0.2) is 4.79 Å². The van der Waals surface area contributed by atoms with E-state index in [1.807, 2.05) is 78.9 Å². The Morgan fingerprint density at radius 1 is 0.857 bits per heavy atom. The molecule has 0 heterocycles. The van der Waals surface area contributed by atoms with Crippen molar-refractivity contribution in [1.29, 1.82) is 0 Å². The van der Waals surface area contributed by atoms with Crippen molar-refractivity contribution in [1.82, 2.24) is 0 Å². The summed E-state index contributed by atoms with van der Waals surface area (Å²) >= 11 is 0. The molecule has 0 spiro atoms. The molecule has 0 unspecified atom stereocenters. The minimum atomic E-state index is -0.350. The van der Waals surface area contributed by atoms with Gasteiger partial charge >= 0.3 is 5.97 Å². The van der Waals surface area contributed by atoms with Gasteiger partial charge in [0.05, 0.1) is 6.61 Å². The summed E-state index contributed by atoms with van der Waals surface area (Å²) in [4.78, 5) is 11.4. The number of hydrogen-bond acceptors (Lipinski definition) is 4. The highest BCUT2D eigenvalue weighted by Crippen LogP contribution is 2.23. The number of hydrogen-bond donors (Lipinski definition) is 0. The van der Waals surface area contributed by atoms with Crippen molar-refractivity contribution < 1.29 is 19.0 Å². The number of esters is 1. The minimum Gasteiger partial charge on any atom is -0.489 e. The highest BCUT2D eigenvalue weighted by Gasteiger charge is 2.01. The minimum absolute atomic E-state index is 0.350. The number of carbonyl (C=O) groups excluding carboxylic acids is 1. The maximum Gasteiger partial charge on any atom is 0.330 e. The molecule has 142 valence electrons. The van der Waals surface area contributed by atoms with E-state index in [4.69, 9.17) is 14.2 Å². The van der Waals surface area contributed by atoms with E-state index in [9.17, 15) is 4.79 Å². The van der Waals surface area contributed by atoms with E-state index in [2.05, 4.69) is 0 Å². The second kappa shape index (κ2) is 9.97. The molecule has 0 atom stereocenters. The van der Waals surface area contributed by atoms with Crippen molar-refractivity contribution in [3.05, 3.63) is 96.1 Å². The van der Waals surface area contributed by atoms with Crippen molar-refractivity contribution in [2.45, 2.75) is 13.5 Å². The van der Waals surface area contributed by atoms with Gasteiger partial charge in [0.2, 0.25) is 0 Å². The lowest BCUT2D eigenvalue weighted by atomic mass is 10.2. The topological polar surface area (TPSA) is 44.8 Å². The first-order valence-electron chi connectivity index (χ1n) is 9.12. The third-order valence-electron chi connectivity index (χ3n) is 3.86. The van der Waals surface area contributed by atoms with Gasteiger partial charge in [-0.2, -0.15) is 0 Å². The first-order chi connectivity index (χ1) is 13.7. The average Bonchev–Trinajstić information content (AvgIpc) is 2.73. The van der Waals surface area contributed by atoms with Crippen LogP contribution in [0.1, 0.15) is 18.1 Å². The van der Waals surface area contributed by atoms with Gasteiger partial charge < -0.3 is 14.2 Å². The van der Waals surface area contributed by atoms with E-state index in [1.54, 1.807) is 13.0 Å². The van der Waals surface area contributed by atoms with Crippen LogP contribution in [0.2, 0.25) is 0 Å². The molecule has 28 heavy (non-hydrogen) atoms. The maximum absolute atomic E-state index is 11.4. The van der Waals surface area contributed by atoms with Crippen molar-refractivity contribution in [3.63, 3.8) is 0 Å². The normalized spacial score (nSPS) is 10.6. The number of para-hydroxylation sites is 1. The molecule has 0 fully saturated rings. The lowest BCUT2D eigenvalue weighted by Crippen LogP contribution is -1.98. The van der Waals surface area contributed by atoms with E-state index in [1.165, 1.54) is 6.08 Å². The standard InChI is InChI=1S/C24H22O4/c1-2-26-24(25)16-13-19-11-14-22(15-12-19)28-23-10-6-7-20(17-23)18-27-21-8-4-3-5-9-21/h3-17H,2,18H2,1H3. The van der Waals surface area contributed by atoms with Crippen LogP contribution in [0.25, 0.3) is 6.08 Å². The molecular formula is C24H22O4. The third-order valence-corrected chi connectivity index (χ3v) is 3.86. The number of benzene rings is 3. The summed E-state index contributed by atoms with van der Waals surface area (Å²) in [6, 6.07) is 25.0. The van der Waals surface area contributed by atoms with Crippen molar-refractivity contribution >= 4 is 12.0 Å². The van der Waals surface area contributed by atoms with Crippen LogP contribution in [-0.2, 0) is 16.1 Å². The maximum atomic E-state index is 11.4. The molecule has 3 aromatic rings. The van der Waals surface area contributed by atoms with Crippen LogP contribution in [0.15, 0.2) is 84.9 Å². The van der Waals surface area contributed by atoms with E-state index in [0.717, 1.165) is 28.4 Å². The molecule has 0 bridgehead atoms. The zero-order chi connectivity index (χ0) is 19.6. The van der Waals surface area contributed by atoms with Gasteiger partial charge in [-0.1, -0.05) is 42.5 Å². The largest absolute Gasteiger partial charge is 0.489 e. The van der Waals surface area contributed by atoms with Gasteiger partial charge in [-0.05, 0) is 60.5 Å². The monoisotopic (exact) mass is 374 g/mol. The Kier molecular flexibility index (Phi) is 6.85. The number of ether oxygens (including phenoxy) is 3. The number of carbonyl (C=O) groups is 1. The fraction of sp³-hybridized carbons (Fsp3) is 0.125. The number of rotatable bonds is 8. The summed E-state index contributed by atoms with van der Waals surface area (Å²) in [5.41, 5.74) is 1.92. The molecule has 4 nitrogen and oxygen atoms in total. The molecule has 0 aliphatic rings.